The van der Waals surface area contributed by atoms with Crippen molar-refractivity contribution >= 4 is 21.6 Å². The van der Waals surface area contributed by atoms with E-state index in [2.05, 4.69) is 22.8 Å². The van der Waals surface area contributed by atoms with Gasteiger partial charge in [-0.1, -0.05) is 36.4 Å². The SMILES string of the molecule is Cc1ccc(S(=O)(=O)N(C)C)cc1NCC(=O)NCC1(c2ccccc2)CC1. The number of nitrogens with one attached hydrogen (secondary N) is 2. The zero-order chi connectivity index (χ0) is 20.4. The van der Waals surface area contributed by atoms with Gasteiger partial charge in [-0.2, -0.15) is 0 Å². The lowest BCUT2D eigenvalue weighted by atomic mass is 9.96. The molecule has 2 aromatic carbocycles. The van der Waals surface area contributed by atoms with Crippen molar-refractivity contribution in [3.8, 4) is 0 Å². The van der Waals surface area contributed by atoms with E-state index in [4.69, 9.17) is 0 Å². The maximum absolute atomic E-state index is 12.3. The summed E-state index contributed by atoms with van der Waals surface area (Å²) in [5.74, 6) is -0.109. The van der Waals surface area contributed by atoms with Gasteiger partial charge in [0, 0.05) is 31.7 Å². The second-order valence-corrected chi connectivity index (χ2v) is 9.69. The van der Waals surface area contributed by atoms with E-state index in [9.17, 15) is 13.2 Å². The van der Waals surface area contributed by atoms with E-state index in [1.54, 1.807) is 18.2 Å². The Hall–Kier alpha value is -2.38. The van der Waals surface area contributed by atoms with E-state index in [1.807, 2.05) is 25.1 Å². The highest BCUT2D eigenvalue weighted by Crippen LogP contribution is 2.47. The monoisotopic (exact) mass is 401 g/mol. The molecule has 1 aliphatic rings. The van der Waals surface area contributed by atoms with Gasteiger partial charge in [-0.25, -0.2) is 12.7 Å². The first-order valence-electron chi connectivity index (χ1n) is 9.34. The molecule has 7 heteroatoms. The van der Waals surface area contributed by atoms with Crippen LogP contribution >= 0.6 is 0 Å². The van der Waals surface area contributed by atoms with Gasteiger partial charge in [0.15, 0.2) is 0 Å². The van der Waals surface area contributed by atoms with Gasteiger partial charge in [0.1, 0.15) is 0 Å². The zero-order valence-corrected chi connectivity index (χ0v) is 17.3. The number of anilines is 1. The molecule has 1 aliphatic carbocycles. The molecule has 1 amide bonds. The molecule has 0 spiro atoms. The van der Waals surface area contributed by atoms with Gasteiger partial charge in [0.05, 0.1) is 11.4 Å². The Morgan fingerprint density at radius 1 is 1.11 bits per heavy atom. The Morgan fingerprint density at radius 3 is 2.39 bits per heavy atom. The Labute approximate surface area is 167 Å². The molecule has 1 saturated carbocycles. The number of amides is 1. The summed E-state index contributed by atoms with van der Waals surface area (Å²) >= 11 is 0. The fraction of sp³-hybridized carbons (Fsp3) is 0.381. The summed E-state index contributed by atoms with van der Waals surface area (Å²) in [6.07, 6.45) is 2.16. The van der Waals surface area contributed by atoms with Gasteiger partial charge < -0.3 is 10.6 Å². The zero-order valence-electron chi connectivity index (χ0n) is 16.5. The molecule has 28 heavy (non-hydrogen) atoms. The minimum atomic E-state index is -3.51. The molecule has 0 unspecified atom stereocenters. The highest BCUT2D eigenvalue weighted by molar-refractivity contribution is 7.89. The van der Waals surface area contributed by atoms with Gasteiger partial charge in [-0.15, -0.1) is 0 Å². The predicted molar refractivity (Wildman–Crippen MR) is 111 cm³/mol. The first-order chi connectivity index (χ1) is 13.2. The smallest absolute Gasteiger partial charge is 0.242 e. The van der Waals surface area contributed by atoms with Crippen molar-refractivity contribution < 1.29 is 13.2 Å². The van der Waals surface area contributed by atoms with Crippen molar-refractivity contribution in [1.29, 1.82) is 0 Å². The Bertz CT molecular complexity index is 952. The number of carbonyl (C=O) groups is 1. The summed E-state index contributed by atoms with van der Waals surface area (Å²) in [6.45, 7) is 2.59. The Morgan fingerprint density at radius 2 is 1.79 bits per heavy atom. The lowest BCUT2D eigenvalue weighted by molar-refractivity contribution is -0.119. The van der Waals surface area contributed by atoms with Gasteiger partial charge in [-0.3, -0.25) is 4.79 Å². The number of rotatable bonds is 8. The lowest BCUT2D eigenvalue weighted by Crippen LogP contribution is -2.36. The van der Waals surface area contributed by atoms with Crippen LogP contribution in [0.3, 0.4) is 0 Å². The summed E-state index contributed by atoms with van der Waals surface area (Å²) < 4.78 is 25.8. The Balaban J connectivity index is 1.59. The molecule has 0 aromatic heterocycles. The van der Waals surface area contributed by atoms with Crippen LogP contribution in [0, 0.1) is 6.92 Å². The third kappa shape index (κ3) is 4.36. The highest BCUT2D eigenvalue weighted by atomic mass is 32.2. The van der Waals surface area contributed by atoms with Gasteiger partial charge in [0.25, 0.3) is 0 Å². The van der Waals surface area contributed by atoms with Crippen LogP contribution in [0.15, 0.2) is 53.4 Å². The Kier molecular flexibility index (Phi) is 5.76. The maximum Gasteiger partial charge on any atom is 0.242 e. The molecule has 0 atom stereocenters. The minimum absolute atomic E-state index is 0.0620. The van der Waals surface area contributed by atoms with Gasteiger partial charge in [-0.05, 0) is 43.0 Å². The number of hydrogen-bond donors (Lipinski definition) is 2. The van der Waals surface area contributed by atoms with Crippen LogP contribution in [0.2, 0.25) is 0 Å². The van der Waals surface area contributed by atoms with Crippen molar-refractivity contribution in [2.75, 3.05) is 32.5 Å². The van der Waals surface area contributed by atoms with E-state index in [0.29, 0.717) is 12.2 Å². The first-order valence-corrected chi connectivity index (χ1v) is 10.8. The standard InChI is InChI=1S/C21H27N3O3S/c1-16-9-10-18(28(26,27)24(2)3)13-19(16)22-14-20(25)23-15-21(11-12-21)17-7-5-4-6-8-17/h4-10,13,22H,11-12,14-15H2,1-3H3,(H,23,25). The molecule has 0 radical (unpaired) electrons. The van der Waals surface area contributed by atoms with E-state index in [1.165, 1.54) is 24.0 Å². The number of benzene rings is 2. The summed E-state index contributed by atoms with van der Waals surface area (Å²) in [7, 11) is -0.521. The quantitative estimate of drug-likeness (QED) is 0.712. The van der Waals surface area contributed by atoms with Gasteiger partial charge >= 0.3 is 0 Å². The lowest BCUT2D eigenvalue weighted by Gasteiger charge is -2.18. The number of nitrogens with zero attached hydrogens (tertiary/aromatic N) is 1. The molecule has 1 fully saturated rings. The van der Waals surface area contributed by atoms with Crippen molar-refractivity contribution in [3.05, 3.63) is 59.7 Å². The predicted octanol–water partition coefficient (Wildman–Crippen LogP) is 2.51. The van der Waals surface area contributed by atoms with Crippen molar-refractivity contribution in [1.82, 2.24) is 9.62 Å². The third-order valence-electron chi connectivity index (χ3n) is 5.29. The molecule has 0 heterocycles. The van der Waals surface area contributed by atoms with E-state index < -0.39 is 10.0 Å². The fourth-order valence-corrected chi connectivity index (χ4v) is 4.11. The van der Waals surface area contributed by atoms with Gasteiger partial charge in [0.2, 0.25) is 15.9 Å². The molecule has 150 valence electrons. The molecule has 0 bridgehead atoms. The second kappa shape index (κ2) is 7.93. The van der Waals surface area contributed by atoms with Crippen molar-refractivity contribution in [3.63, 3.8) is 0 Å². The summed E-state index contributed by atoms with van der Waals surface area (Å²) in [6, 6.07) is 15.2. The molecule has 0 saturated heterocycles. The largest absolute Gasteiger partial charge is 0.376 e. The summed E-state index contributed by atoms with van der Waals surface area (Å²) in [4.78, 5) is 12.5. The van der Waals surface area contributed by atoms with Crippen LogP contribution in [0.25, 0.3) is 0 Å². The van der Waals surface area contributed by atoms with E-state index in [0.717, 1.165) is 18.4 Å². The van der Waals surface area contributed by atoms with Crippen LogP contribution in [0.4, 0.5) is 5.69 Å². The average Bonchev–Trinajstić information content (AvgIpc) is 3.47. The van der Waals surface area contributed by atoms with E-state index >= 15 is 0 Å². The summed E-state index contributed by atoms with van der Waals surface area (Å²) in [5.41, 5.74) is 2.85. The van der Waals surface area contributed by atoms with E-state index in [-0.39, 0.29) is 22.8 Å². The van der Waals surface area contributed by atoms with Crippen LogP contribution in [0.5, 0.6) is 0 Å². The van der Waals surface area contributed by atoms with Crippen molar-refractivity contribution in [2.24, 2.45) is 0 Å². The first kappa shape index (κ1) is 20.4. The highest BCUT2D eigenvalue weighted by Gasteiger charge is 2.44. The van der Waals surface area contributed by atoms with Crippen LogP contribution in [0.1, 0.15) is 24.0 Å². The fourth-order valence-electron chi connectivity index (χ4n) is 3.18. The summed E-state index contributed by atoms with van der Waals surface area (Å²) in [5, 5.41) is 6.07. The van der Waals surface area contributed by atoms with Crippen LogP contribution in [-0.4, -0.2) is 45.8 Å². The van der Waals surface area contributed by atoms with Crippen molar-refractivity contribution in [2.45, 2.75) is 30.1 Å². The molecule has 2 aromatic rings. The number of aryl methyl sites for hydroxylation is 1. The third-order valence-corrected chi connectivity index (χ3v) is 7.10. The number of hydrogen-bond acceptors (Lipinski definition) is 4. The normalized spacial score (nSPS) is 15.3. The number of carbonyl (C=O) groups excluding carboxylic acids is 1. The molecule has 0 aliphatic heterocycles. The second-order valence-electron chi connectivity index (χ2n) is 7.54. The molecule has 2 N–H and O–H groups in total. The van der Waals surface area contributed by atoms with Crippen LogP contribution in [-0.2, 0) is 20.2 Å². The average molecular weight is 402 g/mol. The molecule has 6 nitrogen and oxygen atoms in total. The maximum atomic E-state index is 12.3. The molecular weight excluding hydrogens is 374 g/mol. The minimum Gasteiger partial charge on any atom is -0.376 e. The molecular formula is C21H27N3O3S. The molecule has 3 rings (SSSR count). The topological polar surface area (TPSA) is 78.5 Å². The number of sulfonamides is 1. The van der Waals surface area contributed by atoms with Crippen LogP contribution < -0.4 is 10.6 Å².